The number of hydrazine groups is 1. The summed E-state index contributed by atoms with van der Waals surface area (Å²) in [4.78, 5) is 9.48. The molecule has 94 valence electrons. The maximum Gasteiger partial charge on any atom is 0.239 e. The molecule has 2 unspecified atom stereocenters. The van der Waals surface area contributed by atoms with Crippen molar-refractivity contribution in [1.82, 2.24) is 9.97 Å². The lowest BCUT2D eigenvalue weighted by atomic mass is 9.97. The third kappa shape index (κ3) is 2.45. The molecule has 0 bridgehead atoms. The summed E-state index contributed by atoms with van der Waals surface area (Å²) >= 11 is 0. The highest BCUT2D eigenvalue weighted by molar-refractivity contribution is 5.44. The summed E-state index contributed by atoms with van der Waals surface area (Å²) in [5.74, 6) is 5.21. The Morgan fingerprint density at radius 2 is 2.41 bits per heavy atom. The van der Waals surface area contributed by atoms with E-state index in [1.165, 1.54) is 0 Å². The van der Waals surface area contributed by atoms with Crippen LogP contribution in [0.3, 0.4) is 0 Å². The van der Waals surface area contributed by atoms with Crippen LogP contribution in [0, 0.1) is 11.7 Å². The summed E-state index contributed by atoms with van der Waals surface area (Å²) < 4.78 is 13.6. The summed E-state index contributed by atoms with van der Waals surface area (Å²) in [6.45, 7) is 3.07. The second-order valence-electron chi connectivity index (χ2n) is 4.29. The summed E-state index contributed by atoms with van der Waals surface area (Å²) in [6.07, 6.45) is 1.37. The van der Waals surface area contributed by atoms with E-state index in [2.05, 4.69) is 15.4 Å². The number of nitrogens with zero attached hydrogens (tertiary/aromatic N) is 3. The fraction of sp³-hybridized carbons (Fsp3) is 0.600. The second-order valence-corrected chi connectivity index (χ2v) is 4.29. The number of aliphatic hydroxyl groups is 1. The standard InChI is InChI=1S/C10H16FN5O/c1-6-5-16(3-2-8(6)17)9-7(11)4-13-10(14-9)15-12/h4,6,8,17H,2-3,5,12H2,1H3,(H,13,14,15). The highest BCUT2D eigenvalue weighted by atomic mass is 19.1. The molecule has 1 fully saturated rings. The van der Waals surface area contributed by atoms with Crippen LogP contribution >= 0.6 is 0 Å². The molecular formula is C10H16FN5O. The highest BCUT2D eigenvalue weighted by Crippen LogP contribution is 2.24. The van der Waals surface area contributed by atoms with Crippen LogP contribution < -0.4 is 16.2 Å². The number of anilines is 2. The number of hydrogen-bond donors (Lipinski definition) is 3. The lowest BCUT2D eigenvalue weighted by molar-refractivity contribution is 0.0966. The Bertz CT molecular complexity index is 402. The van der Waals surface area contributed by atoms with E-state index >= 15 is 0 Å². The number of halogens is 1. The van der Waals surface area contributed by atoms with Gasteiger partial charge < -0.3 is 10.0 Å². The van der Waals surface area contributed by atoms with Crippen molar-refractivity contribution in [3.05, 3.63) is 12.0 Å². The maximum atomic E-state index is 13.6. The molecule has 1 saturated heterocycles. The first-order valence-electron chi connectivity index (χ1n) is 5.54. The molecule has 0 aliphatic carbocycles. The van der Waals surface area contributed by atoms with Gasteiger partial charge in [0, 0.05) is 13.1 Å². The monoisotopic (exact) mass is 241 g/mol. The third-order valence-electron chi connectivity index (χ3n) is 3.01. The quantitative estimate of drug-likeness (QED) is 0.503. The molecule has 0 amide bonds. The van der Waals surface area contributed by atoms with Gasteiger partial charge in [-0.15, -0.1) is 0 Å². The van der Waals surface area contributed by atoms with E-state index < -0.39 is 5.82 Å². The van der Waals surface area contributed by atoms with Gasteiger partial charge in [-0.05, 0) is 12.3 Å². The van der Waals surface area contributed by atoms with E-state index in [9.17, 15) is 9.50 Å². The molecule has 1 aliphatic rings. The minimum atomic E-state index is -0.479. The first-order valence-corrected chi connectivity index (χ1v) is 5.54. The summed E-state index contributed by atoms with van der Waals surface area (Å²) in [7, 11) is 0. The van der Waals surface area contributed by atoms with Gasteiger partial charge >= 0.3 is 0 Å². The average molecular weight is 241 g/mol. The Kier molecular flexibility index (Phi) is 3.39. The molecule has 1 aromatic rings. The lowest BCUT2D eigenvalue weighted by Crippen LogP contribution is -2.42. The average Bonchev–Trinajstić information content (AvgIpc) is 2.33. The summed E-state index contributed by atoms with van der Waals surface area (Å²) in [6, 6.07) is 0. The second kappa shape index (κ2) is 4.80. The van der Waals surface area contributed by atoms with E-state index in [-0.39, 0.29) is 23.8 Å². The number of piperidine rings is 1. The van der Waals surface area contributed by atoms with Crippen molar-refractivity contribution in [3.8, 4) is 0 Å². The van der Waals surface area contributed by atoms with Crippen LogP contribution in [-0.2, 0) is 0 Å². The number of nitrogens with two attached hydrogens (primary N) is 1. The molecule has 6 nitrogen and oxygen atoms in total. The lowest BCUT2D eigenvalue weighted by Gasteiger charge is -2.35. The fourth-order valence-corrected chi connectivity index (χ4v) is 1.98. The Labute approximate surface area is 98.6 Å². The van der Waals surface area contributed by atoms with Crippen molar-refractivity contribution >= 4 is 11.8 Å². The molecule has 17 heavy (non-hydrogen) atoms. The third-order valence-corrected chi connectivity index (χ3v) is 3.01. The molecule has 1 aliphatic heterocycles. The van der Waals surface area contributed by atoms with Crippen LogP contribution in [-0.4, -0.2) is 34.3 Å². The van der Waals surface area contributed by atoms with Gasteiger partial charge in [0.15, 0.2) is 11.6 Å². The smallest absolute Gasteiger partial charge is 0.239 e. The molecule has 0 saturated carbocycles. The zero-order valence-corrected chi connectivity index (χ0v) is 9.60. The molecule has 2 atom stereocenters. The van der Waals surface area contributed by atoms with Crippen LogP contribution in [0.25, 0.3) is 0 Å². The summed E-state index contributed by atoms with van der Waals surface area (Å²) in [5, 5.41) is 9.63. The van der Waals surface area contributed by atoms with E-state index in [1.54, 1.807) is 4.90 Å². The number of rotatable bonds is 2. The van der Waals surface area contributed by atoms with Crippen LogP contribution in [0.1, 0.15) is 13.3 Å². The SMILES string of the molecule is CC1CN(c2nc(NN)ncc2F)CCC1O. The molecule has 0 aromatic carbocycles. The fourth-order valence-electron chi connectivity index (χ4n) is 1.98. The van der Waals surface area contributed by atoms with Gasteiger partial charge in [-0.2, -0.15) is 4.98 Å². The zero-order chi connectivity index (χ0) is 12.4. The van der Waals surface area contributed by atoms with Crippen molar-refractivity contribution in [2.24, 2.45) is 11.8 Å². The predicted octanol–water partition coefficient (Wildman–Crippen LogP) is 0.108. The van der Waals surface area contributed by atoms with E-state index in [4.69, 9.17) is 5.84 Å². The predicted molar refractivity (Wildman–Crippen MR) is 61.8 cm³/mol. The minimum Gasteiger partial charge on any atom is -0.393 e. The van der Waals surface area contributed by atoms with Crippen molar-refractivity contribution in [2.75, 3.05) is 23.4 Å². The Morgan fingerprint density at radius 1 is 1.65 bits per heavy atom. The van der Waals surface area contributed by atoms with E-state index in [1.807, 2.05) is 6.92 Å². The van der Waals surface area contributed by atoms with E-state index in [0.717, 1.165) is 6.20 Å². The zero-order valence-electron chi connectivity index (χ0n) is 9.60. The van der Waals surface area contributed by atoms with Gasteiger partial charge in [-0.1, -0.05) is 6.92 Å². The number of aromatic nitrogens is 2. The Morgan fingerprint density at radius 3 is 3.06 bits per heavy atom. The van der Waals surface area contributed by atoms with Crippen molar-refractivity contribution in [3.63, 3.8) is 0 Å². The first kappa shape index (κ1) is 12.0. The molecule has 4 N–H and O–H groups in total. The molecule has 7 heteroatoms. The Balaban J connectivity index is 2.21. The van der Waals surface area contributed by atoms with Crippen LogP contribution in [0.2, 0.25) is 0 Å². The molecular weight excluding hydrogens is 225 g/mol. The first-order chi connectivity index (χ1) is 8.11. The molecule has 1 aromatic heterocycles. The highest BCUT2D eigenvalue weighted by Gasteiger charge is 2.26. The topological polar surface area (TPSA) is 87.3 Å². The van der Waals surface area contributed by atoms with Gasteiger partial charge in [0.2, 0.25) is 5.95 Å². The van der Waals surface area contributed by atoms with Gasteiger partial charge in [-0.3, -0.25) is 5.43 Å². The number of nitrogen functional groups attached to an aromatic ring is 1. The summed E-state index contributed by atoms with van der Waals surface area (Å²) in [5.41, 5.74) is 2.29. The van der Waals surface area contributed by atoms with Gasteiger partial charge in [0.25, 0.3) is 0 Å². The minimum absolute atomic E-state index is 0.0902. The normalized spacial score (nSPS) is 24.8. The maximum absolute atomic E-state index is 13.6. The number of nitrogens with one attached hydrogen (secondary N) is 1. The molecule has 2 rings (SSSR count). The number of aliphatic hydroxyl groups excluding tert-OH is 1. The van der Waals surface area contributed by atoms with Crippen LogP contribution in [0.15, 0.2) is 6.20 Å². The van der Waals surface area contributed by atoms with Crippen molar-refractivity contribution < 1.29 is 9.50 Å². The molecule has 0 spiro atoms. The van der Waals surface area contributed by atoms with Crippen molar-refractivity contribution in [1.29, 1.82) is 0 Å². The number of hydrogen-bond acceptors (Lipinski definition) is 6. The molecule has 0 radical (unpaired) electrons. The van der Waals surface area contributed by atoms with E-state index in [0.29, 0.717) is 19.5 Å². The Hall–Kier alpha value is -1.47. The van der Waals surface area contributed by atoms with Crippen LogP contribution in [0.5, 0.6) is 0 Å². The van der Waals surface area contributed by atoms with Gasteiger partial charge in [-0.25, -0.2) is 15.2 Å². The van der Waals surface area contributed by atoms with Crippen LogP contribution in [0.4, 0.5) is 16.2 Å². The van der Waals surface area contributed by atoms with Gasteiger partial charge in [0.05, 0.1) is 12.3 Å². The van der Waals surface area contributed by atoms with Crippen molar-refractivity contribution in [2.45, 2.75) is 19.4 Å². The molecule has 2 heterocycles. The largest absolute Gasteiger partial charge is 0.393 e. The van der Waals surface area contributed by atoms with Gasteiger partial charge in [0.1, 0.15) is 0 Å².